The first kappa shape index (κ1) is 12.0. The standard InChI is InChI=1S/C11H15N3O2/c1-7(2)13-11(15)9-5-3-4-8(6-9)10(12)14-16/h3-7,16H,1-2H3,(H2,12,14)(H,13,15). The normalized spacial score (nSPS) is 11.6. The Kier molecular flexibility index (Phi) is 3.88. The Bertz CT molecular complexity index is 413. The number of oxime groups is 1. The number of benzene rings is 1. The number of nitrogens with one attached hydrogen (secondary N) is 1. The monoisotopic (exact) mass is 221 g/mol. The van der Waals surface area contributed by atoms with E-state index in [-0.39, 0.29) is 17.8 Å². The summed E-state index contributed by atoms with van der Waals surface area (Å²) in [5.74, 6) is -0.193. The summed E-state index contributed by atoms with van der Waals surface area (Å²) >= 11 is 0. The number of rotatable bonds is 3. The lowest BCUT2D eigenvalue weighted by molar-refractivity contribution is 0.0943. The van der Waals surface area contributed by atoms with Crippen LogP contribution in [0.1, 0.15) is 29.8 Å². The summed E-state index contributed by atoms with van der Waals surface area (Å²) in [4.78, 5) is 11.7. The average Bonchev–Trinajstić information content (AvgIpc) is 2.27. The van der Waals surface area contributed by atoms with Gasteiger partial charge >= 0.3 is 0 Å². The van der Waals surface area contributed by atoms with E-state index in [1.165, 1.54) is 0 Å². The van der Waals surface area contributed by atoms with Crippen molar-refractivity contribution in [3.63, 3.8) is 0 Å². The molecule has 1 amide bonds. The largest absolute Gasteiger partial charge is 0.409 e. The van der Waals surface area contributed by atoms with E-state index < -0.39 is 0 Å². The van der Waals surface area contributed by atoms with Crippen molar-refractivity contribution in [3.05, 3.63) is 35.4 Å². The van der Waals surface area contributed by atoms with Crippen LogP contribution in [0.5, 0.6) is 0 Å². The van der Waals surface area contributed by atoms with Gasteiger partial charge in [0, 0.05) is 17.2 Å². The Balaban J connectivity index is 2.94. The lowest BCUT2D eigenvalue weighted by Crippen LogP contribution is -2.30. The van der Waals surface area contributed by atoms with Gasteiger partial charge in [-0.2, -0.15) is 0 Å². The van der Waals surface area contributed by atoms with Gasteiger partial charge in [-0.05, 0) is 26.0 Å². The van der Waals surface area contributed by atoms with Crippen molar-refractivity contribution in [2.24, 2.45) is 10.9 Å². The first-order valence-corrected chi connectivity index (χ1v) is 4.93. The second-order valence-corrected chi connectivity index (χ2v) is 3.69. The molecule has 5 nitrogen and oxygen atoms in total. The maximum Gasteiger partial charge on any atom is 0.251 e. The number of carbonyl (C=O) groups is 1. The number of amidine groups is 1. The van der Waals surface area contributed by atoms with Crippen molar-refractivity contribution in [3.8, 4) is 0 Å². The van der Waals surface area contributed by atoms with Crippen LogP contribution in [0.4, 0.5) is 0 Å². The molecule has 0 spiro atoms. The van der Waals surface area contributed by atoms with Crippen molar-refractivity contribution in [2.75, 3.05) is 0 Å². The zero-order valence-corrected chi connectivity index (χ0v) is 9.27. The van der Waals surface area contributed by atoms with Gasteiger partial charge in [0.15, 0.2) is 5.84 Å². The van der Waals surface area contributed by atoms with Crippen LogP contribution < -0.4 is 11.1 Å². The third-order valence-electron chi connectivity index (χ3n) is 1.95. The van der Waals surface area contributed by atoms with E-state index in [4.69, 9.17) is 10.9 Å². The van der Waals surface area contributed by atoms with Crippen LogP contribution in [0, 0.1) is 0 Å². The van der Waals surface area contributed by atoms with Gasteiger partial charge in [-0.3, -0.25) is 4.79 Å². The summed E-state index contributed by atoms with van der Waals surface area (Å²) in [5, 5.41) is 14.2. The van der Waals surface area contributed by atoms with E-state index in [9.17, 15) is 4.79 Å². The molecule has 1 aromatic rings. The fourth-order valence-corrected chi connectivity index (χ4v) is 1.22. The van der Waals surface area contributed by atoms with Gasteiger partial charge in [0.05, 0.1) is 0 Å². The number of nitrogens with two attached hydrogens (primary N) is 1. The van der Waals surface area contributed by atoms with Crippen LogP contribution in [-0.2, 0) is 0 Å². The molecular weight excluding hydrogens is 206 g/mol. The Hall–Kier alpha value is -2.04. The summed E-state index contributed by atoms with van der Waals surface area (Å²) in [6.07, 6.45) is 0. The van der Waals surface area contributed by atoms with E-state index in [0.717, 1.165) is 0 Å². The lowest BCUT2D eigenvalue weighted by atomic mass is 10.1. The highest BCUT2D eigenvalue weighted by atomic mass is 16.4. The van der Waals surface area contributed by atoms with Gasteiger partial charge in [-0.25, -0.2) is 0 Å². The van der Waals surface area contributed by atoms with Crippen molar-refractivity contribution < 1.29 is 10.0 Å². The van der Waals surface area contributed by atoms with E-state index in [1.54, 1.807) is 24.3 Å². The molecule has 0 atom stereocenters. The number of hydrogen-bond donors (Lipinski definition) is 3. The van der Waals surface area contributed by atoms with Gasteiger partial charge in [0.2, 0.25) is 0 Å². The highest BCUT2D eigenvalue weighted by Gasteiger charge is 2.08. The van der Waals surface area contributed by atoms with Gasteiger partial charge in [-0.15, -0.1) is 0 Å². The van der Waals surface area contributed by atoms with E-state index in [2.05, 4.69) is 10.5 Å². The van der Waals surface area contributed by atoms with Gasteiger partial charge in [0.25, 0.3) is 5.91 Å². The number of hydrogen-bond acceptors (Lipinski definition) is 3. The zero-order chi connectivity index (χ0) is 12.1. The van der Waals surface area contributed by atoms with E-state index in [0.29, 0.717) is 11.1 Å². The summed E-state index contributed by atoms with van der Waals surface area (Å²) in [5.41, 5.74) is 6.43. The van der Waals surface area contributed by atoms with Crippen molar-refractivity contribution >= 4 is 11.7 Å². The molecule has 0 saturated heterocycles. The molecule has 1 rings (SSSR count). The average molecular weight is 221 g/mol. The third-order valence-corrected chi connectivity index (χ3v) is 1.95. The lowest BCUT2D eigenvalue weighted by Gasteiger charge is -2.08. The molecule has 0 saturated carbocycles. The summed E-state index contributed by atoms with van der Waals surface area (Å²) in [6, 6.07) is 6.67. The van der Waals surface area contributed by atoms with E-state index >= 15 is 0 Å². The molecule has 5 heteroatoms. The topological polar surface area (TPSA) is 87.7 Å². The summed E-state index contributed by atoms with van der Waals surface area (Å²) < 4.78 is 0. The molecule has 4 N–H and O–H groups in total. The molecule has 0 heterocycles. The number of nitrogens with zero attached hydrogens (tertiary/aromatic N) is 1. The molecule has 1 aromatic carbocycles. The molecule has 0 bridgehead atoms. The van der Waals surface area contributed by atoms with Crippen LogP contribution in [0.3, 0.4) is 0 Å². The fraction of sp³-hybridized carbons (Fsp3) is 0.273. The van der Waals surface area contributed by atoms with Gasteiger partial charge < -0.3 is 16.3 Å². The Labute approximate surface area is 94.0 Å². The molecule has 0 aliphatic rings. The molecule has 0 aromatic heterocycles. The maximum absolute atomic E-state index is 11.7. The molecule has 0 aliphatic carbocycles. The minimum Gasteiger partial charge on any atom is -0.409 e. The molecule has 0 radical (unpaired) electrons. The Morgan fingerprint density at radius 1 is 1.44 bits per heavy atom. The molecule has 86 valence electrons. The molecule has 0 fully saturated rings. The maximum atomic E-state index is 11.7. The van der Waals surface area contributed by atoms with Crippen LogP contribution >= 0.6 is 0 Å². The first-order valence-electron chi connectivity index (χ1n) is 4.93. The van der Waals surface area contributed by atoms with Crippen LogP contribution in [0.15, 0.2) is 29.4 Å². The summed E-state index contributed by atoms with van der Waals surface area (Å²) in [7, 11) is 0. The first-order chi connectivity index (χ1) is 7.54. The minimum absolute atomic E-state index is 0.0146. The number of amides is 1. The van der Waals surface area contributed by atoms with Crippen molar-refractivity contribution in [1.29, 1.82) is 0 Å². The Morgan fingerprint density at radius 3 is 2.62 bits per heavy atom. The SMILES string of the molecule is CC(C)NC(=O)c1cccc(/C(N)=N/O)c1. The van der Waals surface area contributed by atoms with Gasteiger partial charge in [-0.1, -0.05) is 17.3 Å². The van der Waals surface area contributed by atoms with Crippen LogP contribution in [0.2, 0.25) is 0 Å². The minimum atomic E-state index is -0.178. The second kappa shape index (κ2) is 5.16. The summed E-state index contributed by atoms with van der Waals surface area (Å²) in [6.45, 7) is 3.76. The Morgan fingerprint density at radius 2 is 2.06 bits per heavy atom. The molecule has 16 heavy (non-hydrogen) atoms. The van der Waals surface area contributed by atoms with E-state index in [1.807, 2.05) is 13.8 Å². The highest BCUT2D eigenvalue weighted by Crippen LogP contribution is 2.05. The molecule has 0 aliphatic heterocycles. The predicted octanol–water partition coefficient (Wildman–Crippen LogP) is 0.919. The highest BCUT2D eigenvalue weighted by molar-refractivity contribution is 6.01. The van der Waals surface area contributed by atoms with Crippen molar-refractivity contribution in [1.82, 2.24) is 5.32 Å². The fourth-order valence-electron chi connectivity index (χ4n) is 1.22. The molecular formula is C11H15N3O2. The van der Waals surface area contributed by atoms with Crippen LogP contribution in [-0.4, -0.2) is 23.0 Å². The number of carbonyl (C=O) groups excluding carboxylic acids is 1. The van der Waals surface area contributed by atoms with Gasteiger partial charge in [0.1, 0.15) is 0 Å². The predicted molar refractivity (Wildman–Crippen MR) is 61.6 cm³/mol. The second-order valence-electron chi connectivity index (χ2n) is 3.69. The van der Waals surface area contributed by atoms with Crippen LogP contribution in [0.25, 0.3) is 0 Å². The smallest absolute Gasteiger partial charge is 0.251 e. The quantitative estimate of drug-likeness (QED) is 0.307. The third kappa shape index (κ3) is 2.98. The zero-order valence-electron chi connectivity index (χ0n) is 9.27. The molecule has 0 unspecified atom stereocenters. The van der Waals surface area contributed by atoms with Crippen molar-refractivity contribution in [2.45, 2.75) is 19.9 Å².